The van der Waals surface area contributed by atoms with E-state index in [1.807, 2.05) is 54.6 Å². The van der Waals surface area contributed by atoms with Crippen molar-refractivity contribution in [2.45, 2.75) is 51.9 Å². The Morgan fingerprint density at radius 2 is 1.83 bits per heavy atom. The van der Waals surface area contributed by atoms with E-state index in [1.54, 1.807) is 7.11 Å². The zero-order valence-corrected chi connectivity index (χ0v) is 20.8. The van der Waals surface area contributed by atoms with Gasteiger partial charge in [0.05, 0.1) is 19.6 Å². The lowest BCUT2D eigenvalue weighted by Crippen LogP contribution is -2.37. The van der Waals surface area contributed by atoms with E-state index in [-0.39, 0.29) is 11.8 Å². The van der Waals surface area contributed by atoms with E-state index in [4.69, 9.17) is 9.47 Å². The van der Waals surface area contributed by atoms with Crippen LogP contribution in [0.3, 0.4) is 0 Å². The first-order chi connectivity index (χ1) is 17.0. The Morgan fingerprint density at radius 1 is 1.06 bits per heavy atom. The second-order valence-electron chi connectivity index (χ2n) is 9.09. The van der Waals surface area contributed by atoms with Crippen molar-refractivity contribution in [2.24, 2.45) is 11.8 Å². The molecular weight excluding hydrogens is 442 g/mol. The molecule has 1 aliphatic rings. The van der Waals surface area contributed by atoms with Crippen LogP contribution in [0.15, 0.2) is 48.5 Å². The normalized spacial score (nSPS) is 18.1. The number of carbonyl (C=O) groups is 2. The van der Waals surface area contributed by atoms with Gasteiger partial charge in [0.1, 0.15) is 0 Å². The van der Waals surface area contributed by atoms with Crippen LogP contribution in [0.4, 0.5) is 0 Å². The predicted octanol–water partition coefficient (Wildman–Crippen LogP) is 5.81. The molecule has 2 N–H and O–H groups in total. The molecular formula is C29H37NO5. The summed E-state index contributed by atoms with van der Waals surface area (Å²) < 4.78 is 11.4. The van der Waals surface area contributed by atoms with Gasteiger partial charge in [0.2, 0.25) is 0 Å². The Morgan fingerprint density at radius 3 is 2.54 bits per heavy atom. The third-order valence-corrected chi connectivity index (χ3v) is 6.58. The molecule has 1 fully saturated rings. The van der Waals surface area contributed by atoms with Crippen molar-refractivity contribution < 1.29 is 24.2 Å². The molecule has 0 aromatic heterocycles. The molecule has 0 bridgehead atoms. The molecule has 0 heterocycles. The summed E-state index contributed by atoms with van der Waals surface area (Å²) in [7, 11) is 1.61. The molecule has 2 aromatic rings. The van der Waals surface area contributed by atoms with Gasteiger partial charge in [-0.15, -0.1) is 0 Å². The van der Waals surface area contributed by atoms with Gasteiger partial charge in [-0.25, -0.2) is 0 Å². The maximum atomic E-state index is 13.3. The van der Waals surface area contributed by atoms with E-state index in [9.17, 15) is 14.7 Å². The summed E-state index contributed by atoms with van der Waals surface area (Å²) >= 11 is 0. The van der Waals surface area contributed by atoms with Crippen molar-refractivity contribution in [3.8, 4) is 11.5 Å². The third kappa shape index (κ3) is 7.61. The number of unbranched alkanes of at least 4 members (excludes halogenated alkanes) is 2. The van der Waals surface area contributed by atoms with E-state index in [2.05, 4.69) is 12.2 Å². The van der Waals surface area contributed by atoms with Gasteiger partial charge < -0.3 is 19.9 Å². The van der Waals surface area contributed by atoms with E-state index in [0.29, 0.717) is 36.6 Å². The molecule has 2 atom stereocenters. The zero-order valence-electron chi connectivity index (χ0n) is 20.8. The number of methoxy groups -OCH3 is 1. The van der Waals surface area contributed by atoms with Gasteiger partial charge in [-0.1, -0.05) is 69.0 Å². The minimum absolute atomic E-state index is 0.0496. The molecule has 1 saturated carbocycles. The molecule has 6 heteroatoms. The Bertz CT molecular complexity index is 1000. The average Bonchev–Trinajstić information content (AvgIpc) is 2.89. The lowest BCUT2D eigenvalue weighted by atomic mass is 9.79. The summed E-state index contributed by atoms with van der Waals surface area (Å²) in [6.45, 7) is 3.14. The molecule has 0 aliphatic heterocycles. The first-order valence-electron chi connectivity index (χ1n) is 12.6. The van der Waals surface area contributed by atoms with Crippen molar-refractivity contribution in [1.29, 1.82) is 0 Å². The summed E-state index contributed by atoms with van der Waals surface area (Å²) in [6.07, 6.45) is 8.49. The standard InChI is InChI=1S/C29H37NO5/c1-3-4-10-17-35-26-16-15-21(19-27(26)34-2)18-25(22-11-6-5-7-12-22)28(31)30-20-23-13-8-9-14-24(23)29(32)33/h5-7,11-12,15-16,18-19,23-24H,3-4,8-10,13-14,17,20H2,1-2H3,(H,30,31)(H,32,33)/b25-18+/t23-,24-/m0/s1. The third-order valence-electron chi connectivity index (χ3n) is 6.58. The SMILES string of the molecule is CCCCCOc1ccc(/C=C(/C(=O)NC[C@@H]2CCCC[C@@H]2C(=O)O)c2ccccc2)cc1OC. The first-order valence-corrected chi connectivity index (χ1v) is 12.6. The number of hydrogen-bond donors (Lipinski definition) is 2. The monoisotopic (exact) mass is 479 g/mol. The summed E-state index contributed by atoms with van der Waals surface area (Å²) in [6, 6.07) is 15.1. The highest BCUT2D eigenvalue weighted by molar-refractivity contribution is 6.24. The van der Waals surface area contributed by atoms with Gasteiger partial charge in [0.25, 0.3) is 5.91 Å². The molecule has 188 valence electrons. The number of rotatable bonds is 12. The summed E-state index contributed by atoms with van der Waals surface area (Å²) in [5, 5.41) is 12.6. The minimum Gasteiger partial charge on any atom is -0.493 e. The fourth-order valence-electron chi connectivity index (χ4n) is 4.59. The van der Waals surface area contributed by atoms with Crippen LogP contribution in [0.5, 0.6) is 11.5 Å². The highest BCUT2D eigenvalue weighted by atomic mass is 16.5. The van der Waals surface area contributed by atoms with Gasteiger partial charge in [0.15, 0.2) is 11.5 Å². The fourth-order valence-corrected chi connectivity index (χ4v) is 4.59. The van der Waals surface area contributed by atoms with Crippen LogP contribution in [-0.2, 0) is 9.59 Å². The Kier molecular flexibility index (Phi) is 10.2. The van der Waals surface area contributed by atoms with Crippen molar-refractivity contribution in [3.05, 3.63) is 59.7 Å². The van der Waals surface area contributed by atoms with Gasteiger partial charge >= 0.3 is 5.97 Å². The number of hydrogen-bond acceptors (Lipinski definition) is 4. The summed E-state index contributed by atoms with van der Waals surface area (Å²) in [4.78, 5) is 25.0. The molecule has 1 aliphatic carbocycles. The van der Waals surface area contributed by atoms with Crippen molar-refractivity contribution >= 4 is 23.5 Å². The lowest BCUT2D eigenvalue weighted by molar-refractivity contribution is -0.145. The Balaban J connectivity index is 1.80. The van der Waals surface area contributed by atoms with Crippen LogP contribution in [-0.4, -0.2) is 37.2 Å². The largest absolute Gasteiger partial charge is 0.493 e. The van der Waals surface area contributed by atoms with Crippen LogP contribution < -0.4 is 14.8 Å². The number of ether oxygens (including phenoxy) is 2. The van der Waals surface area contributed by atoms with Crippen molar-refractivity contribution in [1.82, 2.24) is 5.32 Å². The van der Waals surface area contributed by atoms with E-state index in [0.717, 1.165) is 49.7 Å². The zero-order chi connectivity index (χ0) is 25.0. The molecule has 6 nitrogen and oxygen atoms in total. The topological polar surface area (TPSA) is 84.9 Å². The quantitative estimate of drug-likeness (QED) is 0.228. The second kappa shape index (κ2) is 13.6. The number of benzene rings is 2. The second-order valence-corrected chi connectivity index (χ2v) is 9.09. The maximum Gasteiger partial charge on any atom is 0.306 e. The van der Waals surface area contributed by atoms with Gasteiger partial charge in [-0.05, 0) is 54.5 Å². The smallest absolute Gasteiger partial charge is 0.306 e. The van der Waals surface area contributed by atoms with Crippen LogP contribution in [0.2, 0.25) is 0 Å². The molecule has 0 saturated heterocycles. The molecule has 2 aromatic carbocycles. The van der Waals surface area contributed by atoms with Crippen molar-refractivity contribution in [2.75, 3.05) is 20.3 Å². The highest BCUT2D eigenvalue weighted by Crippen LogP contribution is 2.31. The van der Waals surface area contributed by atoms with Gasteiger partial charge in [-0.2, -0.15) is 0 Å². The molecule has 0 unspecified atom stereocenters. The molecule has 3 rings (SSSR count). The van der Waals surface area contributed by atoms with Crippen LogP contribution in [0.25, 0.3) is 11.6 Å². The summed E-state index contributed by atoms with van der Waals surface area (Å²) in [5.41, 5.74) is 2.13. The summed E-state index contributed by atoms with van der Waals surface area (Å²) in [5.74, 6) is -0.136. The number of aliphatic carboxylic acids is 1. The van der Waals surface area contributed by atoms with Crippen molar-refractivity contribution in [3.63, 3.8) is 0 Å². The predicted molar refractivity (Wildman–Crippen MR) is 138 cm³/mol. The Hall–Kier alpha value is -3.28. The first kappa shape index (κ1) is 26.3. The minimum atomic E-state index is -0.771. The highest BCUT2D eigenvalue weighted by Gasteiger charge is 2.31. The molecule has 1 amide bonds. The van der Waals surface area contributed by atoms with Crippen LogP contribution >= 0.6 is 0 Å². The maximum absolute atomic E-state index is 13.3. The van der Waals surface area contributed by atoms with Crippen LogP contribution in [0, 0.1) is 11.8 Å². The number of carbonyl (C=O) groups excluding carboxylic acids is 1. The molecule has 35 heavy (non-hydrogen) atoms. The Labute approximate surface area is 208 Å². The lowest BCUT2D eigenvalue weighted by Gasteiger charge is -2.28. The molecule has 0 radical (unpaired) electrons. The molecule has 0 spiro atoms. The average molecular weight is 480 g/mol. The number of carboxylic acid groups (broad SMARTS) is 1. The van der Waals surface area contributed by atoms with Crippen LogP contribution in [0.1, 0.15) is 63.0 Å². The number of amides is 1. The van der Waals surface area contributed by atoms with Gasteiger partial charge in [-0.3, -0.25) is 9.59 Å². The van der Waals surface area contributed by atoms with E-state index >= 15 is 0 Å². The fraction of sp³-hybridized carbons (Fsp3) is 0.448. The number of carboxylic acids is 1. The number of nitrogens with one attached hydrogen (secondary N) is 1. The van der Waals surface area contributed by atoms with E-state index < -0.39 is 11.9 Å². The van der Waals surface area contributed by atoms with E-state index in [1.165, 1.54) is 0 Å². The van der Waals surface area contributed by atoms with Gasteiger partial charge in [0, 0.05) is 12.1 Å².